The van der Waals surface area contributed by atoms with E-state index in [9.17, 15) is 4.79 Å². The summed E-state index contributed by atoms with van der Waals surface area (Å²) in [6, 6.07) is 17.4. The number of halogens is 1. The number of hydrogen-bond donors (Lipinski definition) is 0. The van der Waals surface area contributed by atoms with Crippen molar-refractivity contribution in [1.82, 2.24) is 14.6 Å². The summed E-state index contributed by atoms with van der Waals surface area (Å²) in [6.07, 6.45) is 2.32. The summed E-state index contributed by atoms with van der Waals surface area (Å²) in [5, 5.41) is 5.37. The van der Waals surface area contributed by atoms with Crippen LogP contribution in [-0.2, 0) is 11.2 Å². The van der Waals surface area contributed by atoms with Crippen LogP contribution in [0.2, 0.25) is 5.02 Å². The van der Waals surface area contributed by atoms with Gasteiger partial charge in [0.05, 0.1) is 23.3 Å². The number of ether oxygens (including phenoxy) is 1. The second kappa shape index (κ2) is 7.44. The molecule has 0 bridgehead atoms. The summed E-state index contributed by atoms with van der Waals surface area (Å²) in [7, 11) is 1.35. The second-order valence-electron chi connectivity index (χ2n) is 6.55. The zero-order valence-corrected chi connectivity index (χ0v) is 16.3. The molecule has 0 spiro atoms. The Labute approximate surface area is 167 Å². The molecule has 0 saturated heterocycles. The van der Waals surface area contributed by atoms with Crippen molar-refractivity contribution in [1.29, 1.82) is 0 Å². The standard InChI is InChI=1S/C22H18ClN3O2/c1-14-6-8-15(9-7-14)21-18(20-11-10-16(23)13-26(20)25-21)12-17-4-3-5-19(24-17)22(27)28-2/h3-11,13H,12H2,1-2H3. The molecule has 0 atom stereocenters. The lowest BCUT2D eigenvalue weighted by molar-refractivity contribution is 0.0593. The van der Waals surface area contributed by atoms with E-state index in [1.54, 1.807) is 16.8 Å². The van der Waals surface area contributed by atoms with E-state index in [4.69, 9.17) is 21.4 Å². The lowest BCUT2D eigenvalue weighted by atomic mass is 10.0. The van der Waals surface area contributed by atoms with Crippen LogP contribution in [0, 0.1) is 6.92 Å². The fraction of sp³-hybridized carbons (Fsp3) is 0.136. The van der Waals surface area contributed by atoms with Crippen LogP contribution in [0.3, 0.4) is 0 Å². The molecule has 1 aromatic carbocycles. The lowest BCUT2D eigenvalue weighted by Crippen LogP contribution is -2.06. The van der Waals surface area contributed by atoms with Gasteiger partial charge in [-0.05, 0) is 31.2 Å². The van der Waals surface area contributed by atoms with Gasteiger partial charge in [0.15, 0.2) is 0 Å². The number of esters is 1. The first-order chi connectivity index (χ1) is 13.5. The molecule has 0 aliphatic carbocycles. The van der Waals surface area contributed by atoms with Gasteiger partial charge in [-0.3, -0.25) is 0 Å². The van der Waals surface area contributed by atoms with Crippen molar-refractivity contribution < 1.29 is 9.53 Å². The van der Waals surface area contributed by atoms with Crippen LogP contribution in [0.4, 0.5) is 0 Å². The van der Waals surface area contributed by atoms with Gasteiger partial charge in [-0.15, -0.1) is 0 Å². The Morgan fingerprint density at radius 3 is 2.64 bits per heavy atom. The van der Waals surface area contributed by atoms with Crippen molar-refractivity contribution in [2.75, 3.05) is 7.11 Å². The van der Waals surface area contributed by atoms with Crippen molar-refractivity contribution in [2.24, 2.45) is 0 Å². The van der Waals surface area contributed by atoms with Crippen LogP contribution in [0.5, 0.6) is 0 Å². The predicted octanol–water partition coefficient (Wildman–Crippen LogP) is 4.74. The van der Waals surface area contributed by atoms with Gasteiger partial charge in [0, 0.05) is 29.4 Å². The fourth-order valence-corrected chi connectivity index (χ4v) is 3.33. The highest BCUT2D eigenvalue weighted by Crippen LogP contribution is 2.29. The maximum absolute atomic E-state index is 11.8. The van der Waals surface area contributed by atoms with Crippen molar-refractivity contribution in [3.63, 3.8) is 0 Å². The third-order valence-corrected chi connectivity index (χ3v) is 4.80. The molecule has 4 rings (SSSR count). The zero-order chi connectivity index (χ0) is 19.7. The third-order valence-electron chi connectivity index (χ3n) is 4.58. The average molecular weight is 392 g/mol. The van der Waals surface area contributed by atoms with Gasteiger partial charge in [-0.25, -0.2) is 14.3 Å². The minimum Gasteiger partial charge on any atom is -0.464 e. The molecule has 0 N–H and O–H groups in total. The first-order valence-electron chi connectivity index (χ1n) is 8.83. The SMILES string of the molecule is COC(=O)c1cccc(Cc2c(-c3ccc(C)cc3)nn3cc(Cl)ccc23)n1. The molecule has 0 aliphatic heterocycles. The Kier molecular flexibility index (Phi) is 4.84. The molecule has 0 radical (unpaired) electrons. The van der Waals surface area contributed by atoms with Gasteiger partial charge in [0.2, 0.25) is 0 Å². The van der Waals surface area contributed by atoms with Gasteiger partial charge in [0.25, 0.3) is 0 Å². The van der Waals surface area contributed by atoms with Crippen molar-refractivity contribution in [3.05, 3.63) is 88.3 Å². The van der Waals surface area contributed by atoms with Gasteiger partial charge in [-0.1, -0.05) is 47.5 Å². The number of aromatic nitrogens is 3. The Morgan fingerprint density at radius 2 is 1.89 bits per heavy atom. The minimum atomic E-state index is -0.452. The number of methoxy groups -OCH3 is 1. The number of aryl methyl sites for hydroxylation is 1. The molecular weight excluding hydrogens is 374 g/mol. The third kappa shape index (κ3) is 3.49. The summed E-state index contributed by atoms with van der Waals surface area (Å²) in [5.74, 6) is -0.452. The van der Waals surface area contributed by atoms with Gasteiger partial charge in [0.1, 0.15) is 5.69 Å². The first-order valence-corrected chi connectivity index (χ1v) is 9.21. The molecule has 28 heavy (non-hydrogen) atoms. The molecule has 140 valence electrons. The minimum absolute atomic E-state index is 0.288. The number of fused-ring (bicyclic) bond motifs is 1. The van der Waals surface area contributed by atoms with E-state index in [1.165, 1.54) is 12.7 Å². The van der Waals surface area contributed by atoms with E-state index < -0.39 is 5.97 Å². The highest BCUT2D eigenvalue weighted by molar-refractivity contribution is 6.30. The Bertz CT molecular complexity index is 1170. The fourth-order valence-electron chi connectivity index (χ4n) is 3.17. The number of benzene rings is 1. The summed E-state index contributed by atoms with van der Waals surface area (Å²) >= 11 is 6.15. The molecule has 0 saturated carbocycles. The zero-order valence-electron chi connectivity index (χ0n) is 15.5. The van der Waals surface area contributed by atoms with E-state index >= 15 is 0 Å². The number of nitrogens with zero attached hydrogens (tertiary/aromatic N) is 3. The van der Waals surface area contributed by atoms with Crippen LogP contribution in [0.1, 0.15) is 27.3 Å². The van der Waals surface area contributed by atoms with E-state index in [1.807, 2.05) is 24.3 Å². The molecule has 0 fully saturated rings. The highest BCUT2D eigenvalue weighted by atomic mass is 35.5. The normalized spacial score (nSPS) is 11.0. The Morgan fingerprint density at radius 1 is 1.11 bits per heavy atom. The Balaban J connectivity index is 1.84. The monoisotopic (exact) mass is 391 g/mol. The summed E-state index contributed by atoms with van der Waals surface area (Å²) < 4.78 is 6.57. The van der Waals surface area contributed by atoms with E-state index in [-0.39, 0.29) is 5.69 Å². The molecule has 0 amide bonds. The van der Waals surface area contributed by atoms with Gasteiger partial charge < -0.3 is 4.74 Å². The molecular formula is C22H18ClN3O2. The lowest BCUT2D eigenvalue weighted by Gasteiger charge is -2.06. The van der Waals surface area contributed by atoms with Crippen molar-refractivity contribution in [3.8, 4) is 11.3 Å². The maximum Gasteiger partial charge on any atom is 0.356 e. The summed E-state index contributed by atoms with van der Waals surface area (Å²) in [5.41, 5.74) is 6.10. The number of carbonyl (C=O) groups is 1. The van der Waals surface area contributed by atoms with Crippen LogP contribution in [0.15, 0.2) is 60.8 Å². The maximum atomic E-state index is 11.8. The Hall–Kier alpha value is -3.18. The smallest absolute Gasteiger partial charge is 0.356 e. The van der Waals surface area contributed by atoms with Crippen molar-refractivity contribution in [2.45, 2.75) is 13.3 Å². The van der Waals surface area contributed by atoms with Crippen LogP contribution >= 0.6 is 11.6 Å². The van der Waals surface area contributed by atoms with E-state index in [0.717, 1.165) is 28.0 Å². The average Bonchev–Trinajstić information content (AvgIpc) is 3.05. The largest absolute Gasteiger partial charge is 0.464 e. The topological polar surface area (TPSA) is 56.5 Å². The number of hydrogen-bond acceptors (Lipinski definition) is 4. The van der Waals surface area contributed by atoms with E-state index in [0.29, 0.717) is 11.4 Å². The number of carbonyl (C=O) groups excluding carboxylic acids is 1. The summed E-state index contributed by atoms with van der Waals surface area (Å²) in [4.78, 5) is 16.3. The molecule has 4 aromatic rings. The quantitative estimate of drug-likeness (QED) is 0.472. The first kappa shape index (κ1) is 18.2. The molecule has 0 aliphatic rings. The summed E-state index contributed by atoms with van der Waals surface area (Å²) in [6.45, 7) is 2.05. The second-order valence-corrected chi connectivity index (χ2v) is 6.99. The number of rotatable bonds is 4. The molecule has 6 heteroatoms. The highest BCUT2D eigenvalue weighted by Gasteiger charge is 2.17. The van der Waals surface area contributed by atoms with Crippen LogP contribution < -0.4 is 0 Å². The molecule has 3 aromatic heterocycles. The molecule has 3 heterocycles. The molecule has 0 unspecified atom stereocenters. The van der Waals surface area contributed by atoms with Crippen LogP contribution in [-0.4, -0.2) is 27.7 Å². The van der Waals surface area contributed by atoms with Crippen molar-refractivity contribution >= 4 is 23.1 Å². The predicted molar refractivity (Wildman–Crippen MR) is 109 cm³/mol. The van der Waals surface area contributed by atoms with Gasteiger partial charge >= 0.3 is 5.97 Å². The molecule has 5 nitrogen and oxygen atoms in total. The van der Waals surface area contributed by atoms with Gasteiger partial charge in [-0.2, -0.15) is 5.10 Å². The number of pyridine rings is 2. The van der Waals surface area contributed by atoms with E-state index in [2.05, 4.69) is 36.2 Å². The van der Waals surface area contributed by atoms with Crippen LogP contribution in [0.25, 0.3) is 16.8 Å².